The van der Waals surface area contributed by atoms with Gasteiger partial charge in [-0.15, -0.1) is 0 Å². The second-order valence-electron chi connectivity index (χ2n) is 8.50. The minimum atomic E-state index is -0.651. The normalized spacial score (nSPS) is 26.5. The molecule has 0 spiro atoms. The molecule has 2 fully saturated rings. The fourth-order valence-corrected chi connectivity index (χ4v) is 4.48. The minimum Gasteiger partial charge on any atom is -0.388 e. The van der Waals surface area contributed by atoms with Gasteiger partial charge in [0.05, 0.1) is 11.0 Å². The lowest BCUT2D eigenvalue weighted by molar-refractivity contribution is -0.134. The van der Waals surface area contributed by atoms with E-state index in [0.717, 1.165) is 51.9 Å². The number of likely N-dealkylation sites (tertiary alicyclic amines) is 1. The number of nitrogens with zero attached hydrogens (tertiary/aromatic N) is 2. The van der Waals surface area contributed by atoms with Crippen LogP contribution < -0.4 is 10.2 Å². The molecule has 0 aromatic heterocycles. The maximum absolute atomic E-state index is 12.2. The van der Waals surface area contributed by atoms with Crippen LogP contribution in [0, 0.1) is 12.3 Å². The summed E-state index contributed by atoms with van der Waals surface area (Å²) in [5, 5.41) is 13.9. The van der Waals surface area contributed by atoms with Gasteiger partial charge < -0.3 is 15.3 Å². The molecule has 2 saturated heterocycles. The zero-order chi connectivity index (χ0) is 18.8. The van der Waals surface area contributed by atoms with Crippen LogP contribution in [0.3, 0.4) is 0 Å². The first-order valence-electron chi connectivity index (χ1n) is 9.82. The standard InChI is InChI=1S/C21H33N3O2/c1-17-5-7-18(8-6-17)24-13-10-21(26,11-14-24)16-23-12-4-9-20(2,15-23)19(25)22-3/h5-8,26H,4,9-16H2,1-3H3,(H,22,25). The fourth-order valence-electron chi connectivity index (χ4n) is 4.48. The lowest BCUT2D eigenvalue weighted by Gasteiger charge is -2.45. The Kier molecular flexibility index (Phi) is 5.58. The summed E-state index contributed by atoms with van der Waals surface area (Å²) in [7, 11) is 1.71. The van der Waals surface area contributed by atoms with Gasteiger partial charge in [0.2, 0.25) is 5.91 Å². The molecule has 144 valence electrons. The maximum atomic E-state index is 12.2. The van der Waals surface area contributed by atoms with Gasteiger partial charge in [0.15, 0.2) is 0 Å². The third-order valence-corrected chi connectivity index (χ3v) is 6.16. The highest BCUT2D eigenvalue weighted by molar-refractivity contribution is 5.82. The van der Waals surface area contributed by atoms with Crippen LogP contribution >= 0.6 is 0 Å². The van der Waals surface area contributed by atoms with Crippen LogP contribution in [-0.4, -0.2) is 61.3 Å². The number of aryl methyl sites for hydroxylation is 1. The summed E-state index contributed by atoms with van der Waals surface area (Å²) >= 11 is 0. The third kappa shape index (κ3) is 4.21. The molecule has 2 N–H and O–H groups in total. The Bertz CT molecular complexity index is 623. The molecule has 2 heterocycles. The number of benzene rings is 1. The molecule has 3 rings (SSSR count). The summed E-state index contributed by atoms with van der Waals surface area (Å²) in [5.74, 6) is 0.114. The first kappa shape index (κ1) is 19.2. The first-order valence-corrected chi connectivity index (χ1v) is 9.82. The van der Waals surface area contributed by atoms with Crippen molar-refractivity contribution < 1.29 is 9.90 Å². The summed E-state index contributed by atoms with van der Waals surface area (Å²) < 4.78 is 0. The summed E-state index contributed by atoms with van der Waals surface area (Å²) in [6.45, 7) is 8.26. The van der Waals surface area contributed by atoms with Gasteiger partial charge in [0, 0.05) is 38.9 Å². The molecule has 1 amide bonds. The number of hydrogen-bond donors (Lipinski definition) is 2. The molecular weight excluding hydrogens is 326 g/mol. The summed E-state index contributed by atoms with van der Waals surface area (Å²) in [6.07, 6.45) is 3.47. The Labute approximate surface area is 157 Å². The average Bonchev–Trinajstić information content (AvgIpc) is 2.62. The van der Waals surface area contributed by atoms with E-state index >= 15 is 0 Å². The number of β-amino-alcohol motifs (C(OH)–C–C–N with tert-alkyl or cyclic N) is 1. The van der Waals surface area contributed by atoms with E-state index in [0.29, 0.717) is 6.54 Å². The number of carbonyl (C=O) groups excluding carboxylic acids is 1. The molecule has 26 heavy (non-hydrogen) atoms. The van der Waals surface area contributed by atoms with E-state index in [-0.39, 0.29) is 11.3 Å². The van der Waals surface area contributed by atoms with Crippen molar-refractivity contribution in [3.63, 3.8) is 0 Å². The van der Waals surface area contributed by atoms with Crippen molar-refractivity contribution in [2.75, 3.05) is 44.7 Å². The van der Waals surface area contributed by atoms with Crippen LogP contribution in [-0.2, 0) is 4.79 Å². The van der Waals surface area contributed by atoms with E-state index in [2.05, 4.69) is 46.3 Å². The summed E-state index contributed by atoms with van der Waals surface area (Å²) in [4.78, 5) is 16.9. The van der Waals surface area contributed by atoms with Gasteiger partial charge in [-0.05, 0) is 58.2 Å². The topological polar surface area (TPSA) is 55.8 Å². The molecule has 0 saturated carbocycles. The Balaban J connectivity index is 1.57. The number of anilines is 1. The van der Waals surface area contributed by atoms with Crippen LogP contribution in [0.1, 0.15) is 38.2 Å². The second-order valence-corrected chi connectivity index (χ2v) is 8.50. The van der Waals surface area contributed by atoms with E-state index in [4.69, 9.17) is 0 Å². The highest BCUT2D eigenvalue weighted by atomic mass is 16.3. The van der Waals surface area contributed by atoms with Crippen molar-refractivity contribution in [1.82, 2.24) is 10.2 Å². The van der Waals surface area contributed by atoms with Gasteiger partial charge >= 0.3 is 0 Å². The van der Waals surface area contributed by atoms with Crippen LogP contribution in [0.2, 0.25) is 0 Å². The average molecular weight is 360 g/mol. The fraction of sp³-hybridized carbons (Fsp3) is 0.667. The molecule has 1 atom stereocenters. The number of piperidine rings is 2. The van der Waals surface area contributed by atoms with E-state index in [1.54, 1.807) is 7.05 Å². The third-order valence-electron chi connectivity index (χ3n) is 6.16. The Morgan fingerprint density at radius 2 is 1.81 bits per heavy atom. The largest absolute Gasteiger partial charge is 0.388 e. The predicted molar refractivity (Wildman–Crippen MR) is 105 cm³/mol. The highest BCUT2D eigenvalue weighted by Gasteiger charge is 2.41. The second kappa shape index (κ2) is 7.57. The van der Waals surface area contributed by atoms with E-state index in [9.17, 15) is 9.90 Å². The van der Waals surface area contributed by atoms with Crippen molar-refractivity contribution in [3.05, 3.63) is 29.8 Å². The molecule has 1 aromatic rings. The van der Waals surface area contributed by atoms with Gasteiger partial charge in [-0.1, -0.05) is 17.7 Å². The van der Waals surface area contributed by atoms with Gasteiger partial charge in [-0.3, -0.25) is 9.69 Å². The molecule has 2 aliphatic rings. The molecule has 1 aromatic carbocycles. The van der Waals surface area contributed by atoms with Crippen LogP contribution in [0.25, 0.3) is 0 Å². The predicted octanol–water partition coefficient (Wildman–Crippen LogP) is 2.17. The van der Waals surface area contributed by atoms with E-state index in [1.165, 1.54) is 11.3 Å². The van der Waals surface area contributed by atoms with Crippen molar-refractivity contribution >= 4 is 11.6 Å². The number of carbonyl (C=O) groups is 1. The minimum absolute atomic E-state index is 0.114. The summed E-state index contributed by atoms with van der Waals surface area (Å²) in [5.41, 5.74) is 1.52. The molecule has 2 aliphatic heterocycles. The van der Waals surface area contributed by atoms with Gasteiger partial charge in [-0.2, -0.15) is 0 Å². The maximum Gasteiger partial charge on any atom is 0.226 e. The SMILES string of the molecule is CNC(=O)C1(C)CCCN(CC2(O)CCN(c3ccc(C)cc3)CC2)C1. The smallest absolute Gasteiger partial charge is 0.226 e. The highest BCUT2D eigenvalue weighted by Crippen LogP contribution is 2.33. The van der Waals surface area contributed by atoms with E-state index < -0.39 is 5.60 Å². The Morgan fingerprint density at radius 3 is 2.42 bits per heavy atom. The van der Waals surface area contributed by atoms with Crippen LogP contribution in [0.15, 0.2) is 24.3 Å². The van der Waals surface area contributed by atoms with Crippen LogP contribution in [0.4, 0.5) is 5.69 Å². The first-order chi connectivity index (χ1) is 12.3. The Morgan fingerprint density at radius 1 is 1.15 bits per heavy atom. The van der Waals surface area contributed by atoms with Crippen molar-refractivity contribution in [2.45, 2.75) is 45.1 Å². The van der Waals surface area contributed by atoms with E-state index in [1.807, 2.05) is 6.92 Å². The van der Waals surface area contributed by atoms with Crippen molar-refractivity contribution in [3.8, 4) is 0 Å². The monoisotopic (exact) mass is 359 g/mol. The molecule has 1 unspecified atom stereocenters. The molecular formula is C21H33N3O2. The molecule has 0 aliphatic carbocycles. The van der Waals surface area contributed by atoms with Gasteiger partial charge in [0.25, 0.3) is 0 Å². The number of nitrogens with one attached hydrogen (secondary N) is 1. The number of aliphatic hydroxyl groups is 1. The van der Waals surface area contributed by atoms with Crippen molar-refractivity contribution in [1.29, 1.82) is 0 Å². The molecule has 0 radical (unpaired) electrons. The molecule has 5 heteroatoms. The van der Waals surface area contributed by atoms with Crippen molar-refractivity contribution in [2.24, 2.45) is 5.41 Å². The number of amides is 1. The molecule has 0 bridgehead atoms. The zero-order valence-electron chi connectivity index (χ0n) is 16.4. The zero-order valence-corrected chi connectivity index (χ0v) is 16.4. The quantitative estimate of drug-likeness (QED) is 0.865. The number of rotatable bonds is 4. The van der Waals surface area contributed by atoms with Gasteiger partial charge in [0.1, 0.15) is 0 Å². The van der Waals surface area contributed by atoms with Gasteiger partial charge in [-0.25, -0.2) is 0 Å². The van der Waals surface area contributed by atoms with Crippen LogP contribution in [0.5, 0.6) is 0 Å². The Hall–Kier alpha value is -1.59. The lowest BCUT2D eigenvalue weighted by Crippen LogP contribution is -2.56. The number of hydrogen-bond acceptors (Lipinski definition) is 4. The molecule has 5 nitrogen and oxygen atoms in total. The summed E-state index contributed by atoms with van der Waals surface area (Å²) in [6, 6.07) is 8.62. The lowest BCUT2D eigenvalue weighted by atomic mass is 9.80.